The summed E-state index contributed by atoms with van der Waals surface area (Å²) in [5, 5.41) is 9.56. The van der Waals surface area contributed by atoms with E-state index >= 15 is 0 Å². The molecule has 3 rings (SSSR count). The molecule has 140 valence electrons. The second-order valence-corrected chi connectivity index (χ2v) is 6.30. The molecule has 1 aromatic heterocycles. The average molecular weight is 374 g/mol. The monoisotopic (exact) mass is 374 g/mol. The average Bonchev–Trinajstić information content (AvgIpc) is 2.69. The molecule has 4 nitrogen and oxygen atoms in total. The number of benzene rings is 2. The number of carboxylic acid groups (broad SMARTS) is 1. The highest BCUT2D eigenvalue weighted by Gasteiger charge is 2.16. The number of carbonyl (C=O) groups is 1. The molecule has 0 spiro atoms. The minimum Gasteiger partial charge on any atom is -0.478 e. The maximum absolute atomic E-state index is 13.7. The van der Waals surface area contributed by atoms with Crippen LogP contribution in [0, 0.1) is 12.7 Å². The molecule has 2 aromatic carbocycles. The summed E-state index contributed by atoms with van der Waals surface area (Å²) in [6.45, 7) is 3.50. The van der Waals surface area contributed by atoms with Crippen LogP contribution in [0.25, 0.3) is 28.5 Å². The van der Waals surface area contributed by atoms with Gasteiger partial charge >= 0.3 is 5.97 Å². The predicted molar refractivity (Wildman–Crippen MR) is 109 cm³/mol. The first-order valence-electron chi connectivity index (χ1n) is 8.68. The molecule has 3 aromatic rings. The summed E-state index contributed by atoms with van der Waals surface area (Å²) in [6, 6.07) is 11.7. The minimum absolute atomic E-state index is 0.00624. The normalized spacial score (nSPS) is 10.2. The molecule has 0 radical (unpaired) electrons. The van der Waals surface area contributed by atoms with E-state index < -0.39 is 5.97 Å². The fourth-order valence-corrected chi connectivity index (χ4v) is 2.96. The third-order valence-corrected chi connectivity index (χ3v) is 4.40. The Hall–Kier alpha value is -3.69. The number of nitrogen functional groups attached to an aromatic ring is 1. The SMILES string of the molecule is CC=C=Cc1cc(-c2cccnc2-c2ccc(F)c(C)c2)cc(C(=O)O)c1N. The first kappa shape index (κ1) is 19.1. The number of aromatic carboxylic acids is 1. The number of anilines is 1. The van der Waals surface area contributed by atoms with Gasteiger partial charge in [0.05, 0.1) is 16.9 Å². The van der Waals surface area contributed by atoms with Crippen molar-refractivity contribution in [1.82, 2.24) is 4.98 Å². The Morgan fingerprint density at radius 1 is 1.21 bits per heavy atom. The van der Waals surface area contributed by atoms with Crippen LogP contribution >= 0.6 is 0 Å². The molecule has 0 unspecified atom stereocenters. The van der Waals surface area contributed by atoms with Crippen molar-refractivity contribution in [3.8, 4) is 22.4 Å². The van der Waals surface area contributed by atoms with Gasteiger partial charge in [0.25, 0.3) is 0 Å². The number of pyridine rings is 1. The summed E-state index contributed by atoms with van der Waals surface area (Å²) in [4.78, 5) is 16.1. The van der Waals surface area contributed by atoms with Crippen molar-refractivity contribution < 1.29 is 14.3 Å². The van der Waals surface area contributed by atoms with Gasteiger partial charge in [-0.25, -0.2) is 9.18 Å². The fourth-order valence-electron chi connectivity index (χ4n) is 2.96. The van der Waals surface area contributed by atoms with Gasteiger partial charge in [0.1, 0.15) is 5.82 Å². The Bertz CT molecular complexity index is 1130. The van der Waals surface area contributed by atoms with Gasteiger partial charge in [0.15, 0.2) is 0 Å². The van der Waals surface area contributed by atoms with Crippen molar-refractivity contribution in [1.29, 1.82) is 0 Å². The zero-order chi connectivity index (χ0) is 20.3. The first-order chi connectivity index (χ1) is 13.4. The van der Waals surface area contributed by atoms with E-state index in [-0.39, 0.29) is 17.1 Å². The fraction of sp³-hybridized carbons (Fsp3) is 0.0870. The second kappa shape index (κ2) is 7.91. The largest absolute Gasteiger partial charge is 0.478 e. The molecule has 0 bridgehead atoms. The van der Waals surface area contributed by atoms with Gasteiger partial charge in [-0.05, 0) is 73.5 Å². The van der Waals surface area contributed by atoms with Crippen LogP contribution in [0.15, 0.2) is 60.5 Å². The summed E-state index contributed by atoms with van der Waals surface area (Å²) in [5.41, 5.74) is 13.0. The van der Waals surface area contributed by atoms with Crippen molar-refractivity contribution in [3.63, 3.8) is 0 Å². The third-order valence-electron chi connectivity index (χ3n) is 4.40. The van der Waals surface area contributed by atoms with E-state index in [1.54, 1.807) is 49.5 Å². The Balaban J connectivity index is 2.27. The lowest BCUT2D eigenvalue weighted by Gasteiger charge is -2.13. The van der Waals surface area contributed by atoms with Gasteiger partial charge in [-0.1, -0.05) is 6.07 Å². The molecule has 0 amide bonds. The number of carboxylic acids is 1. The topological polar surface area (TPSA) is 76.2 Å². The highest BCUT2D eigenvalue weighted by molar-refractivity contribution is 5.98. The number of halogens is 1. The quantitative estimate of drug-likeness (QED) is 0.478. The summed E-state index contributed by atoms with van der Waals surface area (Å²) in [5.74, 6) is -1.40. The van der Waals surface area contributed by atoms with Gasteiger partial charge < -0.3 is 10.8 Å². The lowest BCUT2D eigenvalue weighted by Crippen LogP contribution is -2.05. The smallest absolute Gasteiger partial charge is 0.337 e. The van der Waals surface area contributed by atoms with E-state index in [0.717, 1.165) is 11.1 Å². The molecular formula is C23H19FN2O2. The lowest BCUT2D eigenvalue weighted by atomic mass is 9.94. The van der Waals surface area contributed by atoms with E-state index in [2.05, 4.69) is 10.7 Å². The predicted octanol–water partition coefficient (Wildman–Crippen LogP) is 5.33. The van der Waals surface area contributed by atoms with Crippen LogP contribution in [0.5, 0.6) is 0 Å². The zero-order valence-electron chi connectivity index (χ0n) is 15.5. The Kier molecular flexibility index (Phi) is 5.39. The number of nitrogens with zero attached hydrogens (tertiary/aromatic N) is 1. The molecule has 0 aliphatic carbocycles. The van der Waals surface area contributed by atoms with E-state index in [4.69, 9.17) is 5.73 Å². The van der Waals surface area contributed by atoms with Crippen LogP contribution < -0.4 is 5.73 Å². The minimum atomic E-state index is -1.11. The van der Waals surface area contributed by atoms with Crippen LogP contribution in [-0.2, 0) is 0 Å². The zero-order valence-corrected chi connectivity index (χ0v) is 15.5. The number of allylic oxidation sites excluding steroid dienone is 1. The highest BCUT2D eigenvalue weighted by atomic mass is 19.1. The molecule has 0 saturated carbocycles. The summed E-state index contributed by atoms with van der Waals surface area (Å²) >= 11 is 0. The third kappa shape index (κ3) is 3.70. The summed E-state index contributed by atoms with van der Waals surface area (Å²) in [6.07, 6.45) is 5.00. The van der Waals surface area contributed by atoms with Crippen molar-refractivity contribution in [2.45, 2.75) is 13.8 Å². The molecule has 0 aliphatic rings. The number of hydrogen-bond acceptors (Lipinski definition) is 3. The molecule has 0 aliphatic heterocycles. The lowest BCUT2D eigenvalue weighted by molar-refractivity contribution is 0.0698. The van der Waals surface area contributed by atoms with Crippen LogP contribution in [0.3, 0.4) is 0 Å². The maximum atomic E-state index is 13.7. The summed E-state index contributed by atoms with van der Waals surface area (Å²) in [7, 11) is 0. The van der Waals surface area contributed by atoms with Crippen LogP contribution in [-0.4, -0.2) is 16.1 Å². The molecule has 0 atom stereocenters. The number of rotatable bonds is 4. The van der Waals surface area contributed by atoms with Gasteiger partial charge in [0.2, 0.25) is 0 Å². The van der Waals surface area contributed by atoms with Crippen molar-refractivity contribution in [2.24, 2.45) is 0 Å². The molecule has 0 saturated heterocycles. The van der Waals surface area contributed by atoms with E-state index in [9.17, 15) is 14.3 Å². The van der Waals surface area contributed by atoms with Crippen molar-refractivity contribution in [2.75, 3.05) is 5.73 Å². The van der Waals surface area contributed by atoms with Crippen LogP contribution in [0.2, 0.25) is 0 Å². The van der Waals surface area contributed by atoms with Gasteiger partial charge in [-0.3, -0.25) is 4.98 Å². The van der Waals surface area contributed by atoms with Gasteiger partial charge in [-0.2, -0.15) is 0 Å². The highest BCUT2D eigenvalue weighted by Crippen LogP contribution is 2.34. The molecule has 1 heterocycles. The molecule has 5 heteroatoms. The van der Waals surface area contributed by atoms with Crippen LogP contribution in [0.4, 0.5) is 10.1 Å². The van der Waals surface area contributed by atoms with Crippen molar-refractivity contribution in [3.05, 3.63) is 83.0 Å². The second-order valence-electron chi connectivity index (χ2n) is 6.30. The number of aryl methyl sites for hydroxylation is 1. The summed E-state index contributed by atoms with van der Waals surface area (Å²) < 4.78 is 13.7. The molecule has 28 heavy (non-hydrogen) atoms. The molecule has 0 fully saturated rings. The Morgan fingerprint density at radius 3 is 2.68 bits per heavy atom. The van der Waals surface area contributed by atoms with E-state index in [1.165, 1.54) is 12.1 Å². The first-order valence-corrected chi connectivity index (χ1v) is 8.68. The Morgan fingerprint density at radius 2 is 2.00 bits per heavy atom. The molecule has 3 N–H and O–H groups in total. The molecular weight excluding hydrogens is 355 g/mol. The Labute approximate surface area is 162 Å². The van der Waals surface area contributed by atoms with E-state index in [1.807, 2.05) is 13.0 Å². The van der Waals surface area contributed by atoms with Gasteiger partial charge in [-0.15, -0.1) is 5.73 Å². The van der Waals surface area contributed by atoms with Crippen LogP contribution in [0.1, 0.15) is 28.4 Å². The van der Waals surface area contributed by atoms with E-state index in [0.29, 0.717) is 22.4 Å². The number of aromatic nitrogens is 1. The maximum Gasteiger partial charge on any atom is 0.337 e. The number of nitrogens with two attached hydrogens (primary N) is 1. The number of hydrogen-bond donors (Lipinski definition) is 2. The standard InChI is InChI=1S/C23H19FN2O2/c1-3-4-6-15-12-17(13-19(21(15)25)23(27)28)18-7-5-10-26-22(18)16-8-9-20(24)14(2)11-16/h3,5-13H,25H2,1-2H3,(H,27,28). The van der Waals surface area contributed by atoms with Crippen molar-refractivity contribution >= 4 is 17.7 Å². The van der Waals surface area contributed by atoms with Gasteiger partial charge in [0, 0.05) is 22.9 Å².